The van der Waals surface area contributed by atoms with Crippen LogP contribution in [-0.4, -0.2) is 15.4 Å². The molecule has 0 aliphatic heterocycles. The Balaban J connectivity index is 3.19. The Hall–Kier alpha value is -1.25. The fraction of sp³-hybridized carbons (Fsp3) is 0.143. The third-order valence-electron chi connectivity index (χ3n) is 1.75. The van der Waals surface area contributed by atoms with Crippen molar-refractivity contribution in [1.29, 1.82) is 0 Å². The van der Waals surface area contributed by atoms with Gasteiger partial charge in [-0.3, -0.25) is 0 Å². The number of nitrogens with two attached hydrogens (primary N) is 1. The summed E-state index contributed by atoms with van der Waals surface area (Å²) < 4.78 is 69.9. The maximum atomic E-state index is 12.3. The molecule has 1 aromatic rings. The van der Waals surface area contributed by atoms with Crippen LogP contribution in [0.15, 0.2) is 18.2 Å². The molecule has 90 valence electrons. The van der Waals surface area contributed by atoms with Crippen molar-refractivity contribution in [2.75, 3.05) is 5.73 Å². The highest BCUT2D eigenvalue weighted by Crippen LogP contribution is 2.15. The maximum Gasteiger partial charge on any atom is 0.509 e. The maximum absolute atomic E-state index is 12.3. The quantitative estimate of drug-likeness (QED) is 0.381. The zero-order chi connectivity index (χ0) is 12.6. The first-order valence-electron chi connectivity index (χ1n) is 4.09. The molecule has 0 aliphatic rings. The van der Waals surface area contributed by atoms with Gasteiger partial charge in [0.05, 0.1) is 0 Å². The van der Waals surface area contributed by atoms with E-state index in [2.05, 4.69) is 0 Å². The summed E-state index contributed by atoms with van der Waals surface area (Å²) in [7, 11) is -4.87. The number of hydrogen-bond acceptors (Lipinski definition) is 3. The Morgan fingerprint density at radius 3 is 2.19 bits per heavy atom. The van der Waals surface area contributed by atoms with Gasteiger partial charge in [0.25, 0.3) is 0 Å². The van der Waals surface area contributed by atoms with E-state index in [0.717, 1.165) is 6.07 Å². The monoisotopic (exact) mass is 256 g/mol. The molecule has 0 amide bonds. The number of nitrogen functional groups attached to an aromatic ring is 1. The number of halogens is 4. The molecule has 0 radical (unpaired) electrons. The topological polar surface area (TPSA) is 60.2 Å². The number of benzene rings is 1. The molecule has 0 spiro atoms. The van der Waals surface area contributed by atoms with Crippen LogP contribution in [0.5, 0.6) is 0 Å². The molecule has 9 heteroatoms. The average molecular weight is 256 g/mol. The van der Waals surface area contributed by atoms with Crippen LogP contribution in [0, 0.1) is 0 Å². The van der Waals surface area contributed by atoms with E-state index in [0.29, 0.717) is 12.1 Å². The lowest BCUT2D eigenvalue weighted by atomic mass is 9.79. The largest absolute Gasteiger partial charge is 0.509 e. The number of anilines is 1. The van der Waals surface area contributed by atoms with E-state index in [1.54, 1.807) is 0 Å². The van der Waals surface area contributed by atoms with Crippen molar-refractivity contribution in [3.8, 4) is 0 Å². The minimum absolute atomic E-state index is 0.254. The summed E-state index contributed by atoms with van der Waals surface area (Å²) in [6.45, 7) is -5.29. The Kier molecular flexibility index (Phi) is 3.18. The SMILES string of the molecule is Nc1cc(CS(=O)(=O)F)cc([B-](F)(F)F)c1. The minimum Gasteiger partial charge on any atom is -0.445 e. The first-order valence-corrected chi connectivity index (χ1v) is 5.65. The summed E-state index contributed by atoms with van der Waals surface area (Å²) in [5.74, 6) is -1.11. The Labute approximate surface area is 89.5 Å². The Bertz CT molecular complexity index is 500. The van der Waals surface area contributed by atoms with Gasteiger partial charge in [0, 0.05) is 5.69 Å². The van der Waals surface area contributed by atoms with Crippen molar-refractivity contribution in [1.82, 2.24) is 0 Å². The fourth-order valence-electron chi connectivity index (χ4n) is 1.22. The number of rotatable bonds is 3. The molecule has 1 rings (SSSR count). The van der Waals surface area contributed by atoms with E-state index in [1.807, 2.05) is 0 Å². The average Bonchev–Trinajstić information content (AvgIpc) is 1.97. The lowest BCUT2D eigenvalue weighted by Crippen LogP contribution is -2.34. The van der Waals surface area contributed by atoms with Crippen LogP contribution in [0.3, 0.4) is 0 Å². The van der Waals surface area contributed by atoms with E-state index in [9.17, 15) is 25.3 Å². The first-order chi connectivity index (χ1) is 7.08. The van der Waals surface area contributed by atoms with Gasteiger partial charge in [-0.15, -0.1) is 9.35 Å². The molecular weight excluding hydrogens is 249 g/mol. The number of hydrogen-bond donors (Lipinski definition) is 1. The highest BCUT2D eigenvalue weighted by atomic mass is 32.3. The highest BCUT2D eigenvalue weighted by Gasteiger charge is 2.26. The third kappa shape index (κ3) is 3.72. The van der Waals surface area contributed by atoms with Gasteiger partial charge in [-0.25, -0.2) is 0 Å². The zero-order valence-corrected chi connectivity index (χ0v) is 8.65. The lowest BCUT2D eigenvalue weighted by Gasteiger charge is -2.16. The second-order valence-corrected chi connectivity index (χ2v) is 4.63. The van der Waals surface area contributed by atoms with Crippen LogP contribution in [0.4, 0.5) is 22.5 Å². The summed E-state index contributed by atoms with van der Waals surface area (Å²) in [6, 6.07) is 2.24. The molecule has 0 aliphatic carbocycles. The van der Waals surface area contributed by atoms with Gasteiger partial charge in [-0.1, -0.05) is 12.1 Å². The molecule has 0 aromatic heterocycles. The minimum atomic E-state index is -5.29. The van der Waals surface area contributed by atoms with E-state index in [4.69, 9.17) is 5.73 Å². The van der Waals surface area contributed by atoms with Crippen molar-refractivity contribution in [2.45, 2.75) is 5.75 Å². The highest BCUT2D eigenvalue weighted by molar-refractivity contribution is 7.85. The van der Waals surface area contributed by atoms with Gasteiger partial charge in [-0.05, 0) is 11.6 Å². The van der Waals surface area contributed by atoms with Gasteiger partial charge >= 0.3 is 17.2 Å². The summed E-state index contributed by atoms with van der Waals surface area (Å²) in [6.07, 6.45) is 0. The third-order valence-corrected chi connectivity index (χ3v) is 2.43. The predicted octanol–water partition coefficient (Wildman–Crippen LogP) is 1.12. The van der Waals surface area contributed by atoms with Gasteiger partial charge in [0.2, 0.25) is 0 Å². The molecule has 0 bridgehead atoms. The van der Waals surface area contributed by atoms with Crippen molar-refractivity contribution in [2.24, 2.45) is 0 Å². The molecule has 0 fully saturated rings. The normalized spacial score (nSPS) is 12.8. The van der Waals surface area contributed by atoms with Crippen molar-refractivity contribution in [3.63, 3.8) is 0 Å². The fourth-order valence-corrected chi connectivity index (χ4v) is 1.78. The molecule has 16 heavy (non-hydrogen) atoms. The molecule has 0 saturated carbocycles. The molecule has 1 aromatic carbocycles. The van der Waals surface area contributed by atoms with Crippen molar-refractivity contribution in [3.05, 3.63) is 23.8 Å². The van der Waals surface area contributed by atoms with Crippen molar-refractivity contribution < 1.29 is 25.3 Å². The van der Waals surface area contributed by atoms with Crippen LogP contribution >= 0.6 is 0 Å². The van der Waals surface area contributed by atoms with E-state index in [1.165, 1.54) is 0 Å². The second kappa shape index (κ2) is 3.97. The molecule has 0 atom stereocenters. The zero-order valence-electron chi connectivity index (χ0n) is 7.83. The Morgan fingerprint density at radius 1 is 1.19 bits per heavy atom. The first kappa shape index (κ1) is 12.8. The van der Waals surface area contributed by atoms with Gasteiger partial charge in [0.15, 0.2) is 0 Å². The van der Waals surface area contributed by atoms with E-state index in [-0.39, 0.29) is 11.3 Å². The summed E-state index contributed by atoms with van der Waals surface area (Å²) in [5, 5.41) is 0. The molecule has 0 heterocycles. The standard InChI is InChI=1S/C7H7BF4NO2S/c9-8(10,11)6-1-5(2-7(13)3-6)4-16(12,14)15/h1-3H,4,13H2/q-1. The molecule has 3 nitrogen and oxygen atoms in total. The van der Waals surface area contributed by atoms with Crippen LogP contribution in [0.2, 0.25) is 0 Å². The predicted molar refractivity (Wildman–Crippen MR) is 53.3 cm³/mol. The van der Waals surface area contributed by atoms with E-state index >= 15 is 0 Å². The van der Waals surface area contributed by atoms with Crippen LogP contribution < -0.4 is 11.2 Å². The van der Waals surface area contributed by atoms with E-state index < -0.39 is 28.4 Å². The summed E-state index contributed by atoms with van der Waals surface area (Å²) >= 11 is 0. The lowest BCUT2D eigenvalue weighted by molar-refractivity contribution is 0.500. The van der Waals surface area contributed by atoms with Gasteiger partial charge < -0.3 is 18.7 Å². The molecule has 2 N–H and O–H groups in total. The van der Waals surface area contributed by atoms with Crippen molar-refractivity contribution >= 4 is 28.4 Å². The van der Waals surface area contributed by atoms with Crippen LogP contribution in [0.1, 0.15) is 5.56 Å². The van der Waals surface area contributed by atoms with Crippen LogP contribution in [0.25, 0.3) is 0 Å². The Morgan fingerprint density at radius 2 is 1.75 bits per heavy atom. The van der Waals surface area contributed by atoms with Gasteiger partial charge in [0.1, 0.15) is 5.75 Å². The van der Waals surface area contributed by atoms with Gasteiger partial charge in [-0.2, -0.15) is 8.42 Å². The molecule has 0 saturated heterocycles. The second-order valence-electron chi connectivity index (χ2n) is 3.27. The molecule has 0 unspecified atom stereocenters. The summed E-state index contributed by atoms with van der Waals surface area (Å²) in [5.41, 5.74) is 3.55. The summed E-state index contributed by atoms with van der Waals surface area (Å²) in [4.78, 5) is 0. The smallest absolute Gasteiger partial charge is 0.445 e. The van der Waals surface area contributed by atoms with Crippen LogP contribution in [-0.2, 0) is 16.0 Å². The molecular formula is C7H7BF4NO2S-.